The molecule has 0 bridgehead atoms. The van der Waals surface area contributed by atoms with Crippen molar-refractivity contribution in [3.8, 4) is 11.1 Å². The van der Waals surface area contributed by atoms with Gasteiger partial charge in [0, 0.05) is 17.3 Å². The first-order valence-electron chi connectivity index (χ1n) is 10.8. The molecule has 1 aliphatic rings. The molecule has 1 aromatic heterocycles. The Morgan fingerprint density at radius 2 is 1.71 bits per heavy atom. The number of carbonyl (C=O) groups excluding carboxylic acids is 2. The van der Waals surface area contributed by atoms with Crippen molar-refractivity contribution in [2.75, 3.05) is 21.5 Å². The number of benzene rings is 3. The van der Waals surface area contributed by atoms with Gasteiger partial charge < -0.3 is 5.32 Å². The van der Waals surface area contributed by atoms with Crippen LogP contribution in [0.1, 0.15) is 10.4 Å². The van der Waals surface area contributed by atoms with E-state index in [4.69, 9.17) is 0 Å². The first-order chi connectivity index (χ1) is 16.9. The number of pyridine rings is 1. The normalized spacial score (nSPS) is 13.0. The fourth-order valence-corrected chi connectivity index (χ4v) is 5.04. The molecule has 0 saturated heterocycles. The zero-order valence-electron chi connectivity index (χ0n) is 18.4. The van der Waals surface area contributed by atoms with Crippen molar-refractivity contribution in [2.45, 2.75) is 4.90 Å². The topological polar surface area (TPSA) is 108 Å². The van der Waals surface area contributed by atoms with Gasteiger partial charge in [-0.05, 0) is 35.9 Å². The minimum atomic E-state index is -4.01. The van der Waals surface area contributed by atoms with Gasteiger partial charge in [0.2, 0.25) is 5.91 Å². The zero-order chi connectivity index (χ0) is 24.4. The summed E-state index contributed by atoms with van der Waals surface area (Å²) in [4.78, 5) is 30.6. The van der Waals surface area contributed by atoms with Crippen LogP contribution in [-0.4, -0.2) is 31.8 Å². The van der Waals surface area contributed by atoms with Crippen molar-refractivity contribution in [1.29, 1.82) is 0 Å². The van der Waals surface area contributed by atoms with Gasteiger partial charge >= 0.3 is 0 Å². The fourth-order valence-electron chi connectivity index (χ4n) is 3.92. The van der Waals surface area contributed by atoms with Crippen LogP contribution in [0.25, 0.3) is 11.1 Å². The van der Waals surface area contributed by atoms with Crippen LogP contribution in [0.3, 0.4) is 0 Å². The fraction of sp³-hybridized carbons (Fsp3) is 0.0385. The smallest absolute Gasteiger partial charge is 0.261 e. The molecule has 0 aliphatic carbocycles. The van der Waals surface area contributed by atoms with Crippen LogP contribution in [0.5, 0.6) is 0 Å². The minimum absolute atomic E-state index is 0.0670. The number of fused-ring (bicyclic) bond motifs is 1. The van der Waals surface area contributed by atoms with Gasteiger partial charge in [-0.1, -0.05) is 54.6 Å². The molecule has 0 radical (unpaired) electrons. The molecule has 8 nitrogen and oxygen atoms in total. The highest BCUT2D eigenvalue weighted by molar-refractivity contribution is 7.92. The van der Waals surface area contributed by atoms with Crippen molar-refractivity contribution in [3.05, 3.63) is 103 Å². The van der Waals surface area contributed by atoms with Crippen molar-refractivity contribution >= 4 is 38.9 Å². The van der Waals surface area contributed by atoms with Crippen LogP contribution < -0.4 is 14.9 Å². The Labute approximate surface area is 202 Å². The maximum atomic E-state index is 13.3. The Kier molecular flexibility index (Phi) is 5.76. The van der Waals surface area contributed by atoms with E-state index in [-0.39, 0.29) is 22.9 Å². The van der Waals surface area contributed by atoms with Gasteiger partial charge in [-0.15, -0.1) is 0 Å². The average molecular weight is 485 g/mol. The summed E-state index contributed by atoms with van der Waals surface area (Å²) in [5, 5.41) is 2.68. The summed E-state index contributed by atoms with van der Waals surface area (Å²) in [5.41, 5.74) is 3.07. The third-order valence-corrected chi connectivity index (χ3v) is 6.92. The number of hydrogen-bond donors (Lipinski definition) is 2. The van der Waals surface area contributed by atoms with Gasteiger partial charge in [0.15, 0.2) is 0 Å². The van der Waals surface area contributed by atoms with E-state index in [0.29, 0.717) is 17.1 Å². The molecule has 9 heteroatoms. The number of nitrogens with zero attached hydrogens (tertiary/aromatic N) is 2. The largest absolute Gasteiger partial charge is 0.321 e. The summed E-state index contributed by atoms with van der Waals surface area (Å²) < 4.78 is 29.2. The summed E-state index contributed by atoms with van der Waals surface area (Å²) in [5.74, 6) is -0.851. The molecular weight excluding hydrogens is 464 g/mol. The van der Waals surface area contributed by atoms with Gasteiger partial charge in [0.05, 0.1) is 28.2 Å². The Morgan fingerprint density at radius 1 is 0.943 bits per heavy atom. The van der Waals surface area contributed by atoms with Crippen LogP contribution >= 0.6 is 0 Å². The molecule has 2 N–H and O–H groups in total. The molecule has 0 saturated carbocycles. The second-order valence-electron chi connectivity index (χ2n) is 7.88. The molecule has 2 amide bonds. The molecule has 3 aromatic carbocycles. The lowest BCUT2D eigenvalue weighted by Gasteiger charge is -2.28. The number of anilines is 3. The minimum Gasteiger partial charge on any atom is -0.321 e. The first-order valence-corrected chi connectivity index (χ1v) is 12.2. The van der Waals surface area contributed by atoms with Crippen molar-refractivity contribution < 1.29 is 18.0 Å². The molecule has 0 atom stereocenters. The van der Waals surface area contributed by atoms with Crippen LogP contribution in [0.2, 0.25) is 0 Å². The second kappa shape index (κ2) is 9.03. The van der Waals surface area contributed by atoms with Crippen LogP contribution in [-0.2, 0) is 14.8 Å². The maximum Gasteiger partial charge on any atom is 0.261 e. The van der Waals surface area contributed by atoms with Gasteiger partial charge in [-0.2, -0.15) is 0 Å². The Bertz CT molecular complexity index is 1540. The standard InChI is InChI=1S/C26H20N4O4S/c31-25-17-30(24-13-14-27-16-23(24)28-25)26(32)19-9-6-10-20(15-19)35(33,34)29-22-12-5-4-11-21(22)18-7-2-1-3-8-18/h1-16,29H,17H2,(H,28,31). The molecular formula is C26H20N4O4S. The van der Waals surface area contributed by atoms with Crippen LogP contribution in [0.4, 0.5) is 17.1 Å². The zero-order valence-corrected chi connectivity index (χ0v) is 19.2. The third kappa shape index (κ3) is 4.49. The molecule has 5 rings (SSSR count). The highest BCUT2D eigenvalue weighted by Crippen LogP contribution is 2.31. The number of carbonyl (C=O) groups is 2. The molecule has 35 heavy (non-hydrogen) atoms. The van der Waals surface area contributed by atoms with Gasteiger partial charge in [-0.3, -0.25) is 24.2 Å². The van der Waals surface area contributed by atoms with E-state index in [1.807, 2.05) is 42.5 Å². The Balaban J connectivity index is 1.46. The third-order valence-electron chi connectivity index (χ3n) is 5.56. The number of rotatable bonds is 5. The first kappa shape index (κ1) is 22.3. The molecule has 0 fully saturated rings. The van der Waals surface area contributed by atoms with Crippen LogP contribution in [0.15, 0.2) is 102 Å². The van der Waals surface area contributed by atoms with Crippen molar-refractivity contribution in [2.24, 2.45) is 0 Å². The molecule has 0 unspecified atom stereocenters. The predicted octanol–water partition coefficient (Wildman–Crippen LogP) is 4.15. The Hall–Kier alpha value is -4.50. The summed E-state index contributed by atoms with van der Waals surface area (Å²) in [6.07, 6.45) is 2.98. The lowest BCUT2D eigenvalue weighted by molar-refractivity contribution is -0.115. The van der Waals surface area contributed by atoms with E-state index < -0.39 is 15.9 Å². The number of hydrogen-bond acceptors (Lipinski definition) is 5. The van der Waals surface area contributed by atoms with Crippen molar-refractivity contribution in [3.63, 3.8) is 0 Å². The van der Waals surface area contributed by atoms with Gasteiger partial charge in [0.1, 0.15) is 6.54 Å². The number of sulfonamides is 1. The SMILES string of the molecule is O=C1CN(C(=O)c2cccc(S(=O)(=O)Nc3ccccc3-c3ccccc3)c2)c2ccncc2N1. The summed E-state index contributed by atoms with van der Waals surface area (Å²) in [6, 6.07) is 23.9. The number of aromatic nitrogens is 1. The summed E-state index contributed by atoms with van der Waals surface area (Å²) >= 11 is 0. The maximum absolute atomic E-state index is 13.3. The highest BCUT2D eigenvalue weighted by atomic mass is 32.2. The molecule has 2 heterocycles. The lowest BCUT2D eigenvalue weighted by atomic mass is 10.0. The van der Waals surface area contributed by atoms with Crippen molar-refractivity contribution in [1.82, 2.24) is 4.98 Å². The monoisotopic (exact) mass is 484 g/mol. The van der Waals surface area contributed by atoms with E-state index in [1.165, 1.54) is 41.6 Å². The number of para-hydroxylation sites is 1. The van der Waals surface area contributed by atoms with Gasteiger partial charge in [0.25, 0.3) is 15.9 Å². The van der Waals surface area contributed by atoms with E-state index in [2.05, 4.69) is 15.0 Å². The molecule has 4 aromatic rings. The predicted molar refractivity (Wildman–Crippen MR) is 134 cm³/mol. The highest BCUT2D eigenvalue weighted by Gasteiger charge is 2.28. The molecule has 0 spiro atoms. The quantitative estimate of drug-likeness (QED) is 0.442. The van der Waals surface area contributed by atoms with E-state index >= 15 is 0 Å². The average Bonchev–Trinajstić information content (AvgIpc) is 2.88. The lowest BCUT2D eigenvalue weighted by Crippen LogP contribution is -2.42. The Morgan fingerprint density at radius 3 is 2.54 bits per heavy atom. The molecule has 1 aliphatic heterocycles. The number of amides is 2. The number of nitrogens with one attached hydrogen (secondary N) is 2. The van der Waals surface area contributed by atoms with Gasteiger partial charge in [-0.25, -0.2) is 8.42 Å². The van der Waals surface area contributed by atoms with E-state index in [9.17, 15) is 18.0 Å². The van der Waals surface area contributed by atoms with Crippen LogP contribution in [0, 0.1) is 0 Å². The van der Waals surface area contributed by atoms with E-state index in [1.54, 1.807) is 18.2 Å². The second-order valence-corrected chi connectivity index (χ2v) is 9.56. The van der Waals surface area contributed by atoms with E-state index in [0.717, 1.165) is 11.1 Å². The molecule has 174 valence electrons. The summed E-state index contributed by atoms with van der Waals surface area (Å²) in [7, 11) is -4.01. The summed E-state index contributed by atoms with van der Waals surface area (Å²) in [6.45, 7) is -0.185.